The lowest BCUT2D eigenvalue weighted by Gasteiger charge is -2.41. The van der Waals surface area contributed by atoms with Crippen LogP contribution in [0.4, 0.5) is 0 Å². The summed E-state index contributed by atoms with van der Waals surface area (Å²) in [5.41, 5.74) is 2.11. The maximum absolute atomic E-state index is 12.9. The number of aliphatic imine (C=N–C) groups is 1. The molecule has 0 saturated heterocycles. The fourth-order valence-electron chi connectivity index (χ4n) is 4.21. The van der Waals surface area contributed by atoms with E-state index in [0.29, 0.717) is 30.2 Å². The molecule has 24 heavy (non-hydrogen) atoms. The lowest BCUT2D eigenvalue weighted by Crippen LogP contribution is -2.46. The third-order valence-corrected chi connectivity index (χ3v) is 5.21. The van der Waals surface area contributed by atoms with E-state index in [1.54, 1.807) is 14.0 Å². The number of ether oxygens (including phenoxy) is 2. The van der Waals surface area contributed by atoms with Crippen LogP contribution in [0.1, 0.15) is 46.5 Å². The van der Waals surface area contributed by atoms with Gasteiger partial charge in [-0.05, 0) is 37.5 Å². The van der Waals surface area contributed by atoms with Crippen LogP contribution in [0.3, 0.4) is 0 Å². The van der Waals surface area contributed by atoms with Crippen molar-refractivity contribution in [2.24, 2.45) is 28.2 Å². The van der Waals surface area contributed by atoms with E-state index in [1.165, 1.54) is 0 Å². The molecule has 2 unspecified atom stereocenters. The number of carbonyl (C=O) groups is 2. The molecule has 132 valence electrons. The standard InChI is InChI=1S/C19H27NO4/c1-5-24-18(22)17-13(10-23-4)20-12-8-19(2,3)9-14(21)16(12)15(17)11-6-7-11/h11,15-16H,5-10H2,1-4H3. The van der Waals surface area contributed by atoms with Crippen LogP contribution in [-0.2, 0) is 19.1 Å². The van der Waals surface area contributed by atoms with E-state index in [4.69, 9.17) is 14.5 Å². The molecule has 0 amide bonds. The summed E-state index contributed by atoms with van der Waals surface area (Å²) in [7, 11) is 1.60. The minimum absolute atomic E-state index is 0.0693. The molecule has 0 radical (unpaired) electrons. The molecule has 0 aromatic carbocycles. The summed E-state index contributed by atoms with van der Waals surface area (Å²) in [5, 5.41) is 0. The smallest absolute Gasteiger partial charge is 0.336 e. The highest BCUT2D eigenvalue weighted by Gasteiger charge is 2.52. The molecule has 3 rings (SSSR count). The second-order valence-corrected chi connectivity index (χ2v) is 7.94. The maximum atomic E-state index is 12.9. The zero-order valence-corrected chi connectivity index (χ0v) is 15.1. The zero-order chi connectivity index (χ0) is 17.5. The molecule has 1 aliphatic heterocycles. The molecule has 2 fully saturated rings. The van der Waals surface area contributed by atoms with Gasteiger partial charge in [-0.2, -0.15) is 0 Å². The van der Waals surface area contributed by atoms with Gasteiger partial charge in [0.05, 0.1) is 30.4 Å². The fourth-order valence-corrected chi connectivity index (χ4v) is 4.21. The van der Waals surface area contributed by atoms with Gasteiger partial charge in [0.2, 0.25) is 0 Å². The molecule has 0 aromatic rings. The number of carbonyl (C=O) groups excluding carboxylic acids is 2. The van der Waals surface area contributed by atoms with E-state index in [0.717, 1.165) is 25.0 Å². The first-order chi connectivity index (χ1) is 11.4. The van der Waals surface area contributed by atoms with Crippen LogP contribution >= 0.6 is 0 Å². The van der Waals surface area contributed by atoms with Gasteiger partial charge in [0.15, 0.2) is 0 Å². The average molecular weight is 333 g/mol. The normalized spacial score (nSPS) is 29.2. The van der Waals surface area contributed by atoms with E-state index in [1.807, 2.05) is 0 Å². The first-order valence-electron chi connectivity index (χ1n) is 8.87. The lowest BCUT2D eigenvalue weighted by molar-refractivity contribution is -0.139. The molecule has 0 N–H and O–H groups in total. The summed E-state index contributed by atoms with van der Waals surface area (Å²) in [6.07, 6.45) is 3.48. The minimum atomic E-state index is -0.332. The van der Waals surface area contributed by atoms with Gasteiger partial charge in [-0.1, -0.05) is 13.8 Å². The van der Waals surface area contributed by atoms with Gasteiger partial charge in [0, 0.05) is 25.2 Å². The van der Waals surface area contributed by atoms with Crippen molar-refractivity contribution in [3.05, 3.63) is 11.3 Å². The Kier molecular flexibility index (Phi) is 4.65. The van der Waals surface area contributed by atoms with Crippen molar-refractivity contribution < 1.29 is 19.1 Å². The third-order valence-electron chi connectivity index (χ3n) is 5.21. The highest BCUT2D eigenvalue weighted by atomic mass is 16.5. The highest BCUT2D eigenvalue weighted by molar-refractivity contribution is 6.11. The van der Waals surface area contributed by atoms with Crippen LogP contribution < -0.4 is 0 Å². The Labute approximate surface area is 143 Å². The predicted molar refractivity (Wildman–Crippen MR) is 90.7 cm³/mol. The average Bonchev–Trinajstić information content (AvgIpc) is 3.29. The Morgan fingerprint density at radius 1 is 1.29 bits per heavy atom. The van der Waals surface area contributed by atoms with Gasteiger partial charge in [-0.15, -0.1) is 0 Å². The molecule has 0 spiro atoms. The number of methoxy groups -OCH3 is 1. The van der Waals surface area contributed by atoms with Crippen molar-refractivity contribution in [2.75, 3.05) is 20.3 Å². The second-order valence-electron chi connectivity index (χ2n) is 7.94. The fraction of sp³-hybridized carbons (Fsp3) is 0.737. The topological polar surface area (TPSA) is 65.0 Å². The molecule has 0 bridgehead atoms. The third kappa shape index (κ3) is 3.18. The Morgan fingerprint density at radius 2 is 2.00 bits per heavy atom. The van der Waals surface area contributed by atoms with Gasteiger partial charge >= 0.3 is 5.97 Å². The summed E-state index contributed by atoms with van der Waals surface area (Å²) in [5.74, 6) is -0.0465. The Hall–Kier alpha value is -1.49. The summed E-state index contributed by atoms with van der Waals surface area (Å²) >= 11 is 0. The van der Waals surface area contributed by atoms with Crippen LogP contribution in [0, 0.1) is 23.2 Å². The number of esters is 1. The number of ketones is 1. The van der Waals surface area contributed by atoms with Crippen molar-refractivity contribution in [3.8, 4) is 0 Å². The molecular weight excluding hydrogens is 306 g/mol. The summed E-state index contributed by atoms with van der Waals surface area (Å²) in [6.45, 7) is 6.61. The van der Waals surface area contributed by atoms with Crippen molar-refractivity contribution in [2.45, 2.75) is 46.5 Å². The monoisotopic (exact) mass is 333 g/mol. The number of fused-ring (bicyclic) bond motifs is 1. The SMILES string of the molecule is CCOC(=O)C1=C(COC)N=C2CC(C)(C)CC(=O)C2C1C1CC1. The molecule has 2 atom stereocenters. The molecule has 2 aliphatic carbocycles. The number of nitrogens with zero attached hydrogens (tertiary/aromatic N) is 1. The molecule has 5 heteroatoms. The van der Waals surface area contributed by atoms with E-state index < -0.39 is 0 Å². The highest BCUT2D eigenvalue weighted by Crippen LogP contribution is 2.51. The van der Waals surface area contributed by atoms with Crippen molar-refractivity contribution in [1.29, 1.82) is 0 Å². The van der Waals surface area contributed by atoms with Crippen molar-refractivity contribution in [1.82, 2.24) is 0 Å². The number of Topliss-reactive ketones (excluding diaryl/α,β-unsaturated/α-hetero) is 1. The van der Waals surface area contributed by atoms with E-state index in [2.05, 4.69) is 13.8 Å². The van der Waals surface area contributed by atoms with Gasteiger partial charge in [-0.25, -0.2) is 4.79 Å². The lowest BCUT2D eigenvalue weighted by atomic mass is 9.63. The van der Waals surface area contributed by atoms with Gasteiger partial charge < -0.3 is 9.47 Å². The quantitative estimate of drug-likeness (QED) is 0.726. The summed E-state index contributed by atoms with van der Waals surface area (Å²) in [4.78, 5) is 30.2. The largest absolute Gasteiger partial charge is 0.463 e. The summed E-state index contributed by atoms with van der Waals surface area (Å²) in [6, 6.07) is 0. The molecule has 5 nitrogen and oxygen atoms in total. The Bertz CT molecular complexity index is 613. The predicted octanol–water partition coefficient (Wildman–Crippen LogP) is 2.94. The second kappa shape index (κ2) is 6.43. The van der Waals surface area contributed by atoms with E-state index in [-0.39, 0.29) is 35.6 Å². The first kappa shape index (κ1) is 17.3. The summed E-state index contributed by atoms with van der Waals surface area (Å²) < 4.78 is 10.6. The van der Waals surface area contributed by atoms with Crippen molar-refractivity contribution in [3.63, 3.8) is 0 Å². The molecule has 1 heterocycles. The van der Waals surface area contributed by atoms with E-state index in [9.17, 15) is 9.59 Å². The number of hydrogen-bond donors (Lipinski definition) is 0. The van der Waals surface area contributed by atoms with E-state index >= 15 is 0 Å². The van der Waals surface area contributed by atoms with Crippen LogP contribution in [-0.4, -0.2) is 37.8 Å². The van der Waals surface area contributed by atoms with Gasteiger partial charge in [0.25, 0.3) is 0 Å². The number of hydrogen-bond acceptors (Lipinski definition) is 5. The van der Waals surface area contributed by atoms with Crippen LogP contribution in [0.5, 0.6) is 0 Å². The molecular formula is C19H27NO4. The van der Waals surface area contributed by atoms with Gasteiger partial charge in [0.1, 0.15) is 5.78 Å². The van der Waals surface area contributed by atoms with Crippen LogP contribution in [0.25, 0.3) is 0 Å². The van der Waals surface area contributed by atoms with Crippen LogP contribution in [0.15, 0.2) is 16.3 Å². The maximum Gasteiger partial charge on any atom is 0.336 e. The molecule has 3 aliphatic rings. The Balaban J connectivity index is 2.08. The first-order valence-corrected chi connectivity index (χ1v) is 8.87. The molecule has 0 aromatic heterocycles. The molecule has 2 saturated carbocycles. The minimum Gasteiger partial charge on any atom is -0.463 e. The van der Waals surface area contributed by atoms with Gasteiger partial charge in [-0.3, -0.25) is 9.79 Å². The number of rotatable bonds is 5. The Morgan fingerprint density at radius 3 is 2.58 bits per heavy atom. The van der Waals surface area contributed by atoms with Crippen molar-refractivity contribution >= 4 is 17.5 Å². The zero-order valence-electron chi connectivity index (χ0n) is 15.1. The van der Waals surface area contributed by atoms with Crippen LogP contribution in [0.2, 0.25) is 0 Å².